The minimum absolute atomic E-state index is 0.0130. The average Bonchev–Trinajstić information content (AvgIpc) is 3.27. The molecule has 200 valence electrons. The molecule has 0 saturated carbocycles. The van der Waals surface area contributed by atoms with Gasteiger partial charge in [0.15, 0.2) is 10.9 Å². The topological polar surface area (TPSA) is 88.7 Å². The van der Waals surface area contributed by atoms with Gasteiger partial charge >= 0.3 is 6.18 Å². The van der Waals surface area contributed by atoms with Gasteiger partial charge in [-0.2, -0.15) is 13.2 Å². The lowest BCUT2D eigenvalue weighted by atomic mass is 10.2. The minimum atomic E-state index is -4.54. The number of halogens is 3. The quantitative estimate of drug-likeness (QED) is 0.459. The van der Waals surface area contributed by atoms with Crippen molar-refractivity contribution < 1.29 is 22.8 Å². The summed E-state index contributed by atoms with van der Waals surface area (Å²) in [7, 11) is 1.74. The number of carbonyl (C=O) groups is 2. The summed E-state index contributed by atoms with van der Waals surface area (Å²) in [5, 5.41) is 1.92. The molecule has 1 saturated heterocycles. The van der Waals surface area contributed by atoms with E-state index in [1.807, 2.05) is 25.1 Å². The van der Waals surface area contributed by atoms with Crippen LogP contribution in [-0.2, 0) is 22.8 Å². The molecule has 0 bridgehead atoms. The molecule has 8 nitrogen and oxygen atoms in total. The second kappa shape index (κ2) is 10.9. The first kappa shape index (κ1) is 27.2. The predicted octanol–water partition coefficient (Wildman–Crippen LogP) is 4.87. The van der Waals surface area contributed by atoms with E-state index in [9.17, 15) is 27.6 Å². The molecule has 2 aromatic carbocycles. The first-order valence-electron chi connectivity index (χ1n) is 11.9. The van der Waals surface area contributed by atoms with E-state index in [1.54, 1.807) is 30.8 Å². The van der Waals surface area contributed by atoms with E-state index < -0.39 is 22.9 Å². The number of thioether (sulfide) groups is 1. The highest BCUT2D eigenvalue weighted by Crippen LogP contribution is 2.33. The first-order chi connectivity index (χ1) is 18.0. The van der Waals surface area contributed by atoms with Crippen molar-refractivity contribution in [1.82, 2.24) is 14.3 Å². The van der Waals surface area contributed by atoms with Crippen molar-refractivity contribution in [3.05, 3.63) is 76.2 Å². The Morgan fingerprint density at radius 1 is 1.11 bits per heavy atom. The summed E-state index contributed by atoms with van der Waals surface area (Å²) in [6.45, 7) is 3.99. The van der Waals surface area contributed by atoms with E-state index in [-0.39, 0.29) is 29.3 Å². The van der Waals surface area contributed by atoms with Gasteiger partial charge in [0.05, 0.1) is 16.9 Å². The Bertz CT molecular complexity index is 1450. The maximum absolute atomic E-state index is 13.3. The molecule has 1 aliphatic heterocycles. The van der Waals surface area contributed by atoms with Crippen molar-refractivity contribution in [2.45, 2.75) is 38.1 Å². The number of carbonyl (C=O) groups excluding carboxylic acids is 2. The van der Waals surface area contributed by atoms with Crippen LogP contribution >= 0.6 is 11.8 Å². The molecular formula is C26H26F3N5O3S. The van der Waals surface area contributed by atoms with Crippen LogP contribution < -0.4 is 10.9 Å². The normalized spacial score (nSPS) is 16.9. The Morgan fingerprint density at radius 2 is 1.82 bits per heavy atom. The zero-order valence-corrected chi connectivity index (χ0v) is 21.8. The van der Waals surface area contributed by atoms with Crippen LogP contribution in [0.15, 0.2) is 64.4 Å². The fourth-order valence-electron chi connectivity index (χ4n) is 4.09. The average molecular weight is 546 g/mol. The smallest absolute Gasteiger partial charge is 0.326 e. The number of anilines is 1. The number of aromatic nitrogens is 2. The summed E-state index contributed by atoms with van der Waals surface area (Å²) >= 11 is 1.06. The molecule has 1 fully saturated rings. The number of nitrogens with zero attached hydrogens (tertiary/aromatic N) is 4. The number of para-hydroxylation sites is 1. The summed E-state index contributed by atoms with van der Waals surface area (Å²) in [4.78, 5) is 45.1. The van der Waals surface area contributed by atoms with Crippen LogP contribution in [0, 0.1) is 6.92 Å². The summed E-state index contributed by atoms with van der Waals surface area (Å²) in [6.07, 6.45) is -4.18. The molecule has 0 spiro atoms. The molecule has 0 aliphatic carbocycles. The molecule has 2 amide bonds. The number of nitrogens with one attached hydrogen (secondary N) is 1. The van der Waals surface area contributed by atoms with Crippen molar-refractivity contribution in [3.8, 4) is 5.69 Å². The van der Waals surface area contributed by atoms with Crippen molar-refractivity contribution in [2.24, 2.45) is 12.0 Å². The lowest BCUT2D eigenvalue weighted by Crippen LogP contribution is -2.34. The number of aliphatic imine (C=N–C) groups is 1. The molecular weight excluding hydrogens is 519 g/mol. The van der Waals surface area contributed by atoms with Crippen LogP contribution in [0.2, 0.25) is 0 Å². The molecule has 0 unspecified atom stereocenters. The zero-order valence-electron chi connectivity index (χ0n) is 21.0. The molecule has 3 aromatic rings. The van der Waals surface area contributed by atoms with Gasteiger partial charge in [0, 0.05) is 25.7 Å². The van der Waals surface area contributed by atoms with Crippen molar-refractivity contribution >= 4 is 40.1 Å². The standard InChI is InChI=1S/C26H26F3N5O3S/c1-4-13-33-23(36)20(15-21(35)30-18-10-8-9-17(14-18)26(27,28)29)38-25(33)31-22-16(2)32(3)34(24(22)37)19-11-6-5-7-12-19/h5-12,14,20H,4,13,15H2,1-3H3,(H,30,35)/t20-/m0/s1. The van der Waals surface area contributed by atoms with Crippen molar-refractivity contribution in [3.63, 3.8) is 0 Å². The first-order valence-corrected chi connectivity index (χ1v) is 12.8. The lowest BCUT2D eigenvalue weighted by Gasteiger charge is -2.15. The summed E-state index contributed by atoms with van der Waals surface area (Å²) in [5.74, 6) is -0.943. The maximum Gasteiger partial charge on any atom is 0.416 e. The number of alkyl halides is 3. The summed E-state index contributed by atoms with van der Waals surface area (Å²) in [5.41, 5.74) is 0.201. The van der Waals surface area contributed by atoms with Crippen LogP contribution in [0.25, 0.3) is 5.69 Å². The maximum atomic E-state index is 13.3. The van der Waals surface area contributed by atoms with E-state index in [4.69, 9.17) is 0 Å². The number of hydrogen-bond acceptors (Lipinski definition) is 5. The molecule has 4 rings (SSSR count). The van der Waals surface area contributed by atoms with Crippen LogP contribution in [0.3, 0.4) is 0 Å². The van der Waals surface area contributed by atoms with E-state index in [0.717, 1.165) is 23.9 Å². The van der Waals surface area contributed by atoms with Crippen LogP contribution in [0.1, 0.15) is 31.0 Å². The number of amides is 2. The van der Waals surface area contributed by atoms with E-state index in [1.165, 1.54) is 21.7 Å². The zero-order chi connectivity index (χ0) is 27.6. The lowest BCUT2D eigenvalue weighted by molar-refractivity contribution is -0.137. The molecule has 1 aliphatic rings. The molecule has 38 heavy (non-hydrogen) atoms. The largest absolute Gasteiger partial charge is 0.416 e. The molecule has 1 aromatic heterocycles. The van der Waals surface area contributed by atoms with Gasteiger partial charge in [-0.15, -0.1) is 0 Å². The Morgan fingerprint density at radius 3 is 2.47 bits per heavy atom. The fraction of sp³-hybridized carbons (Fsp3) is 0.308. The van der Waals surface area contributed by atoms with E-state index in [0.29, 0.717) is 29.5 Å². The molecule has 2 heterocycles. The van der Waals surface area contributed by atoms with Gasteiger partial charge in [-0.25, -0.2) is 9.67 Å². The van der Waals surface area contributed by atoms with Crippen LogP contribution in [-0.4, -0.2) is 43.0 Å². The number of benzene rings is 2. The van der Waals surface area contributed by atoms with Gasteiger partial charge in [-0.1, -0.05) is 43.0 Å². The Kier molecular flexibility index (Phi) is 7.81. The van der Waals surface area contributed by atoms with Gasteiger partial charge < -0.3 is 5.32 Å². The van der Waals surface area contributed by atoms with Crippen molar-refractivity contribution in [2.75, 3.05) is 11.9 Å². The van der Waals surface area contributed by atoms with E-state index >= 15 is 0 Å². The van der Waals surface area contributed by atoms with Gasteiger partial charge in [0.25, 0.3) is 5.56 Å². The fourth-order valence-corrected chi connectivity index (χ4v) is 5.26. The third-order valence-electron chi connectivity index (χ3n) is 6.04. The summed E-state index contributed by atoms with van der Waals surface area (Å²) < 4.78 is 42.2. The van der Waals surface area contributed by atoms with E-state index in [2.05, 4.69) is 10.3 Å². The highest BCUT2D eigenvalue weighted by Gasteiger charge is 2.39. The number of rotatable bonds is 7. The van der Waals surface area contributed by atoms with Crippen LogP contribution in [0.4, 0.5) is 24.5 Å². The third-order valence-corrected chi connectivity index (χ3v) is 7.22. The molecule has 1 N–H and O–H groups in total. The molecule has 1 atom stereocenters. The summed E-state index contributed by atoms with van der Waals surface area (Å²) in [6, 6.07) is 13.4. The highest BCUT2D eigenvalue weighted by atomic mass is 32.2. The second-order valence-corrected chi connectivity index (χ2v) is 9.90. The molecule has 0 radical (unpaired) electrons. The van der Waals surface area contributed by atoms with Gasteiger partial charge in [0.2, 0.25) is 11.8 Å². The van der Waals surface area contributed by atoms with Gasteiger partial charge in [-0.05, 0) is 43.7 Å². The number of hydrogen-bond donors (Lipinski definition) is 1. The molecule has 12 heteroatoms. The van der Waals surface area contributed by atoms with Crippen molar-refractivity contribution in [1.29, 1.82) is 0 Å². The Labute approximate surface area is 221 Å². The van der Waals surface area contributed by atoms with Gasteiger partial charge in [-0.3, -0.25) is 24.0 Å². The Hall–Kier alpha value is -3.80. The Balaban J connectivity index is 1.58. The second-order valence-electron chi connectivity index (χ2n) is 8.73. The van der Waals surface area contributed by atoms with Crippen LogP contribution in [0.5, 0.6) is 0 Å². The monoisotopic (exact) mass is 545 g/mol. The predicted molar refractivity (Wildman–Crippen MR) is 141 cm³/mol. The third kappa shape index (κ3) is 5.54. The minimum Gasteiger partial charge on any atom is -0.326 e. The van der Waals surface area contributed by atoms with Gasteiger partial charge in [0.1, 0.15) is 5.25 Å². The highest BCUT2D eigenvalue weighted by molar-refractivity contribution is 8.15. The SMILES string of the molecule is CCCN1C(=O)[C@H](CC(=O)Nc2cccc(C(F)(F)F)c2)SC1=Nc1c(C)n(C)n(-c2ccccc2)c1=O. The number of amidine groups is 1.